The van der Waals surface area contributed by atoms with Crippen molar-refractivity contribution >= 4 is 0 Å². The Bertz CT molecular complexity index is 503. The normalized spacial score (nSPS) is 13.9. The quantitative estimate of drug-likeness (QED) is 0.643. The highest BCUT2D eigenvalue weighted by atomic mass is 35.5. The van der Waals surface area contributed by atoms with Gasteiger partial charge in [-0.2, -0.15) is 0 Å². The minimum atomic E-state index is -0.845. The summed E-state index contributed by atoms with van der Waals surface area (Å²) in [6, 6.07) is 3.42. The van der Waals surface area contributed by atoms with Crippen LogP contribution in [0.1, 0.15) is 25.8 Å². The Hall–Kier alpha value is -1.50. The van der Waals surface area contributed by atoms with Gasteiger partial charge in [0.15, 0.2) is 6.10 Å². The molecule has 0 saturated heterocycles. The first-order valence-electron chi connectivity index (χ1n) is 5.84. The molecule has 0 amide bonds. The lowest BCUT2D eigenvalue weighted by Crippen LogP contribution is -3.00. The summed E-state index contributed by atoms with van der Waals surface area (Å²) in [4.78, 5) is 3.98. The van der Waals surface area contributed by atoms with Gasteiger partial charge >= 0.3 is 0 Å². The monoisotopic (exact) mass is 284 g/mol. The Morgan fingerprint density at radius 3 is 2.63 bits per heavy atom. The molecule has 0 saturated carbocycles. The number of aliphatic hydroxyl groups excluding tert-OH is 1. The van der Waals surface area contributed by atoms with E-state index in [4.69, 9.17) is 4.42 Å². The van der Waals surface area contributed by atoms with Gasteiger partial charge in [0.05, 0.1) is 5.56 Å². The first-order chi connectivity index (χ1) is 8.59. The molecule has 104 valence electrons. The molecule has 0 bridgehead atoms. The highest BCUT2D eigenvalue weighted by molar-refractivity contribution is 5.49. The molecule has 2 aromatic rings. The zero-order valence-corrected chi connectivity index (χ0v) is 11.6. The second kappa shape index (κ2) is 6.60. The Balaban J connectivity index is 0.00000180. The maximum Gasteiger partial charge on any atom is 0.251 e. The second-order valence-electron chi connectivity index (χ2n) is 4.54. The first kappa shape index (κ1) is 15.6. The summed E-state index contributed by atoms with van der Waals surface area (Å²) in [6.07, 6.45) is 2.46. The number of aromatic nitrogens is 3. The van der Waals surface area contributed by atoms with Gasteiger partial charge in [-0.25, -0.2) is 0 Å². The van der Waals surface area contributed by atoms with E-state index in [1.807, 2.05) is 19.9 Å². The molecule has 0 fully saturated rings. The molecule has 0 radical (unpaired) electrons. The highest BCUT2D eigenvalue weighted by Gasteiger charge is 2.28. The van der Waals surface area contributed by atoms with E-state index in [9.17, 15) is 5.11 Å². The Morgan fingerprint density at radius 2 is 2.05 bits per heavy atom. The Labute approximate surface area is 117 Å². The van der Waals surface area contributed by atoms with Crippen LogP contribution in [0.15, 0.2) is 28.9 Å². The van der Waals surface area contributed by atoms with Gasteiger partial charge in [-0.3, -0.25) is 4.98 Å². The number of hydrogen-bond acceptors (Lipinski definition) is 5. The topological polar surface area (TPSA) is 99.7 Å². The lowest BCUT2D eigenvalue weighted by Gasteiger charge is -2.15. The molecule has 2 aromatic heterocycles. The molecule has 4 N–H and O–H groups in total. The van der Waals surface area contributed by atoms with Crippen LogP contribution in [0.5, 0.6) is 0 Å². The minimum absolute atomic E-state index is 0. The minimum Gasteiger partial charge on any atom is -1.00 e. The molecule has 2 rings (SSSR count). The molecule has 7 heteroatoms. The first-order valence-corrected chi connectivity index (χ1v) is 5.84. The van der Waals surface area contributed by atoms with Gasteiger partial charge in [-0.05, 0) is 12.1 Å². The summed E-state index contributed by atoms with van der Waals surface area (Å²) in [7, 11) is 0. The van der Waals surface area contributed by atoms with Gasteiger partial charge in [0.25, 0.3) is 5.89 Å². The van der Waals surface area contributed by atoms with Gasteiger partial charge in [-0.1, -0.05) is 13.8 Å². The molecule has 0 aromatic carbocycles. The molecular formula is C12H17ClN4O2. The molecule has 0 aliphatic heterocycles. The fourth-order valence-corrected chi connectivity index (χ4v) is 1.51. The van der Waals surface area contributed by atoms with Crippen LogP contribution >= 0.6 is 0 Å². The molecule has 0 spiro atoms. The Morgan fingerprint density at radius 1 is 1.32 bits per heavy atom. The van der Waals surface area contributed by atoms with Crippen molar-refractivity contribution < 1.29 is 27.7 Å². The van der Waals surface area contributed by atoms with Crippen molar-refractivity contribution in [2.75, 3.05) is 0 Å². The molecule has 2 atom stereocenters. The maximum absolute atomic E-state index is 10.0. The van der Waals surface area contributed by atoms with E-state index >= 15 is 0 Å². The van der Waals surface area contributed by atoms with E-state index in [2.05, 4.69) is 20.9 Å². The van der Waals surface area contributed by atoms with E-state index in [0.29, 0.717) is 5.89 Å². The molecule has 2 heterocycles. The molecule has 0 aliphatic rings. The van der Waals surface area contributed by atoms with Crippen molar-refractivity contribution in [3.8, 4) is 11.5 Å². The predicted molar refractivity (Wildman–Crippen MR) is 64.0 cm³/mol. The lowest BCUT2D eigenvalue weighted by molar-refractivity contribution is -0.451. The third kappa shape index (κ3) is 3.50. The van der Waals surface area contributed by atoms with E-state index in [-0.39, 0.29) is 30.3 Å². The smallest absolute Gasteiger partial charge is 0.251 e. The van der Waals surface area contributed by atoms with Crippen molar-refractivity contribution in [3.05, 3.63) is 30.4 Å². The molecular weight excluding hydrogens is 268 g/mol. The van der Waals surface area contributed by atoms with Crippen molar-refractivity contribution in [3.63, 3.8) is 0 Å². The summed E-state index contributed by atoms with van der Waals surface area (Å²) in [5, 5.41) is 17.8. The predicted octanol–water partition coefficient (Wildman–Crippen LogP) is -2.56. The number of aliphatic hydroxyl groups is 1. The number of hydrogen-bond donors (Lipinski definition) is 2. The van der Waals surface area contributed by atoms with Crippen molar-refractivity contribution in [2.24, 2.45) is 5.92 Å². The van der Waals surface area contributed by atoms with Crippen LogP contribution < -0.4 is 18.1 Å². The van der Waals surface area contributed by atoms with Gasteiger partial charge in [0, 0.05) is 18.3 Å². The van der Waals surface area contributed by atoms with Crippen LogP contribution in [-0.2, 0) is 0 Å². The third-order valence-electron chi connectivity index (χ3n) is 2.86. The fourth-order valence-electron chi connectivity index (χ4n) is 1.51. The summed E-state index contributed by atoms with van der Waals surface area (Å²) in [5.74, 6) is 0.782. The largest absolute Gasteiger partial charge is 1.00 e. The van der Waals surface area contributed by atoms with Gasteiger partial charge in [-0.15, -0.1) is 10.2 Å². The summed E-state index contributed by atoms with van der Waals surface area (Å²) >= 11 is 0. The van der Waals surface area contributed by atoms with Crippen LogP contribution in [0.2, 0.25) is 0 Å². The van der Waals surface area contributed by atoms with Crippen molar-refractivity contribution in [2.45, 2.75) is 26.0 Å². The zero-order chi connectivity index (χ0) is 13.1. The third-order valence-corrected chi connectivity index (χ3v) is 2.86. The standard InChI is InChI=1S/C12H16N4O2.ClH/c1-7(2)9(13)10(17)12-16-15-11(18-12)8-4-3-5-14-6-8;/h3-7,9-10,17H,13H2,1-2H3;1H/t9-,10?;/m0./s1. The second-order valence-corrected chi connectivity index (χ2v) is 4.54. The van der Waals surface area contributed by atoms with Crippen LogP contribution in [0.4, 0.5) is 0 Å². The summed E-state index contributed by atoms with van der Waals surface area (Å²) in [5.41, 5.74) is 4.64. The van der Waals surface area contributed by atoms with Crippen LogP contribution in [-0.4, -0.2) is 26.3 Å². The van der Waals surface area contributed by atoms with Crippen LogP contribution in [0.3, 0.4) is 0 Å². The fraction of sp³-hybridized carbons (Fsp3) is 0.417. The highest BCUT2D eigenvalue weighted by Crippen LogP contribution is 2.22. The van der Waals surface area contributed by atoms with Crippen molar-refractivity contribution in [1.82, 2.24) is 15.2 Å². The van der Waals surface area contributed by atoms with Crippen molar-refractivity contribution in [1.29, 1.82) is 0 Å². The SMILES string of the molecule is CC(C)[C@H]([NH3+])C(O)c1nnc(-c2cccnc2)o1.[Cl-]. The van der Waals surface area contributed by atoms with Crippen LogP contribution in [0, 0.1) is 5.92 Å². The molecule has 0 aliphatic carbocycles. The van der Waals surface area contributed by atoms with Crippen LogP contribution in [0.25, 0.3) is 11.5 Å². The van der Waals surface area contributed by atoms with Gasteiger partial charge in [0.2, 0.25) is 5.89 Å². The number of pyridine rings is 1. The van der Waals surface area contributed by atoms with E-state index in [1.165, 1.54) is 0 Å². The molecule has 6 nitrogen and oxygen atoms in total. The summed E-state index contributed by atoms with van der Waals surface area (Å²) in [6.45, 7) is 3.97. The lowest BCUT2D eigenvalue weighted by atomic mass is 10.00. The number of rotatable bonds is 4. The zero-order valence-electron chi connectivity index (χ0n) is 10.8. The van der Waals surface area contributed by atoms with E-state index < -0.39 is 6.10 Å². The number of quaternary nitrogens is 1. The molecule has 1 unspecified atom stereocenters. The number of halogens is 1. The van der Waals surface area contributed by atoms with Gasteiger partial charge < -0.3 is 27.7 Å². The maximum atomic E-state index is 10.0. The van der Waals surface area contributed by atoms with E-state index in [0.717, 1.165) is 5.56 Å². The van der Waals surface area contributed by atoms with Gasteiger partial charge in [0.1, 0.15) is 6.04 Å². The van der Waals surface area contributed by atoms with E-state index in [1.54, 1.807) is 18.5 Å². The Kier molecular flexibility index (Phi) is 5.41. The average molecular weight is 285 g/mol. The molecule has 19 heavy (non-hydrogen) atoms. The summed E-state index contributed by atoms with van der Waals surface area (Å²) < 4.78 is 5.45. The average Bonchev–Trinajstić information content (AvgIpc) is 2.87. The number of nitrogens with zero attached hydrogens (tertiary/aromatic N) is 3.